The van der Waals surface area contributed by atoms with Gasteiger partial charge in [0.05, 0.1) is 16.3 Å². The van der Waals surface area contributed by atoms with E-state index in [1.54, 1.807) is 17.8 Å². The first-order chi connectivity index (χ1) is 13.5. The van der Waals surface area contributed by atoms with Crippen LogP contribution in [-0.2, 0) is 6.42 Å². The second-order valence-electron chi connectivity index (χ2n) is 5.87. The van der Waals surface area contributed by atoms with Gasteiger partial charge in [0, 0.05) is 11.4 Å². The van der Waals surface area contributed by atoms with Crippen LogP contribution < -0.4 is 16.6 Å². The van der Waals surface area contributed by atoms with E-state index in [4.69, 9.17) is 11.6 Å². The molecule has 28 heavy (non-hydrogen) atoms. The second-order valence-corrected chi connectivity index (χ2v) is 7.16. The lowest BCUT2D eigenvalue weighted by atomic mass is 10.1. The molecule has 1 amide bonds. The van der Waals surface area contributed by atoms with Gasteiger partial charge in [-0.2, -0.15) is 9.78 Å². The Hall–Kier alpha value is -2.84. The van der Waals surface area contributed by atoms with E-state index in [1.165, 1.54) is 17.0 Å². The molecular formula is C19H17ClN4O3S. The zero-order valence-electron chi connectivity index (χ0n) is 14.9. The Morgan fingerprint density at radius 2 is 2.07 bits per heavy atom. The molecule has 1 heterocycles. The third-order valence-corrected chi connectivity index (χ3v) is 5.04. The quantitative estimate of drug-likeness (QED) is 0.601. The fourth-order valence-corrected chi connectivity index (χ4v) is 3.29. The number of aromatic nitrogens is 3. The average Bonchev–Trinajstić information content (AvgIpc) is 2.69. The van der Waals surface area contributed by atoms with Crippen molar-refractivity contribution >= 4 is 29.3 Å². The molecular weight excluding hydrogens is 400 g/mol. The minimum absolute atomic E-state index is 0.219. The van der Waals surface area contributed by atoms with Crippen molar-refractivity contribution < 1.29 is 4.79 Å². The molecule has 0 fully saturated rings. The highest BCUT2D eigenvalue weighted by atomic mass is 35.5. The van der Waals surface area contributed by atoms with Crippen LogP contribution in [0.4, 0.5) is 0 Å². The Labute approximate surface area is 169 Å². The molecule has 0 saturated heterocycles. The highest BCUT2D eigenvalue weighted by Gasteiger charge is 2.13. The van der Waals surface area contributed by atoms with Crippen LogP contribution in [0.15, 0.2) is 63.1 Å². The minimum atomic E-state index is -0.699. The van der Waals surface area contributed by atoms with Crippen molar-refractivity contribution in [1.29, 1.82) is 0 Å². The second kappa shape index (κ2) is 8.90. The summed E-state index contributed by atoms with van der Waals surface area (Å²) in [6.07, 6.45) is 3.68. The Morgan fingerprint density at radius 1 is 1.25 bits per heavy atom. The van der Waals surface area contributed by atoms with Crippen LogP contribution in [-0.4, -0.2) is 33.5 Å². The predicted molar refractivity (Wildman–Crippen MR) is 110 cm³/mol. The standard InChI is InChI=1S/C19H17ClN4O3S/c1-28-14-4-2-3-12(9-14)7-8-21-18(26)15-10-13(5-6-16(15)20)24-19(27)23-17(25)11-22-24/h2-6,9-11H,7-8H2,1H3,(H,21,26)(H,23,25,27). The smallest absolute Gasteiger partial charge is 0.349 e. The van der Waals surface area contributed by atoms with E-state index in [2.05, 4.69) is 21.5 Å². The van der Waals surface area contributed by atoms with Gasteiger partial charge in [-0.25, -0.2) is 4.79 Å². The molecule has 0 bridgehead atoms. The fourth-order valence-electron chi connectivity index (χ4n) is 2.60. The van der Waals surface area contributed by atoms with E-state index >= 15 is 0 Å². The van der Waals surface area contributed by atoms with Gasteiger partial charge >= 0.3 is 5.69 Å². The molecule has 9 heteroatoms. The number of thioether (sulfide) groups is 1. The van der Waals surface area contributed by atoms with Crippen molar-refractivity contribution in [3.05, 3.63) is 85.6 Å². The molecule has 0 atom stereocenters. The van der Waals surface area contributed by atoms with Crippen LogP contribution in [0, 0.1) is 0 Å². The summed E-state index contributed by atoms with van der Waals surface area (Å²) in [5.74, 6) is -0.356. The van der Waals surface area contributed by atoms with Crippen molar-refractivity contribution in [1.82, 2.24) is 20.1 Å². The molecule has 144 valence electrons. The van der Waals surface area contributed by atoms with Gasteiger partial charge in [-0.05, 0) is 48.6 Å². The number of halogens is 1. The van der Waals surface area contributed by atoms with Crippen LogP contribution in [0.2, 0.25) is 5.02 Å². The summed E-state index contributed by atoms with van der Waals surface area (Å²) in [5, 5.41) is 6.87. The molecule has 0 aliphatic carbocycles. The fraction of sp³-hybridized carbons (Fsp3) is 0.158. The molecule has 0 radical (unpaired) electrons. The van der Waals surface area contributed by atoms with E-state index in [-0.39, 0.29) is 16.5 Å². The molecule has 2 N–H and O–H groups in total. The maximum absolute atomic E-state index is 12.5. The maximum Gasteiger partial charge on any atom is 0.349 e. The summed E-state index contributed by atoms with van der Waals surface area (Å²) in [6.45, 7) is 0.439. The summed E-state index contributed by atoms with van der Waals surface area (Å²) < 4.78 is 0.989. The summed E-state index contributed by atoms with van der Waals surface area (Å²) in [4.78, 5) is 38.9. The summed E-state index contributed by atoms with van der Waals surface area (Å²) >= 11 is 7.81. The number of aromatic amines is 1. The predicted octanol–water partition coefficient (Wildman–Crippen LogP) is 2.27. The Bertz CT molecular complexity index is 1130. The largest absolute Gasteiger partial charge is 0.352 e. The Balaban J connectivity index is 1.74. The molecule has 0 aliphatic rings. The highest BCUT2D eigenvalue weighted by Crippen LogP contribution is 2.19. The molecule has 1 aromatic heterocycles. The van der Waals surface area contributed by atoms with Crippen molar-refractivity contribution in [2.24, 2.45) is 0 Å². The van der Waals surface area contributed by atoms with Gasteiger partial charge in [0.2, 0.25) is 0 Å². The molecule has 3 rings (SSSR count). The van der Waals surface area contributed by atoms with Crippen LogP contribution in [0.25, 0.3) is 5.69 Å². The first-order valence-corrected chi connectivity index (χ1v) is 9.98. The number of benzene rings is 2. The number of nitrogens with one attached hydrogen (secondary N) is 2. The van der Waals surface area contributed by atoms with Crippen molar-refractivity contribution in [2.45, 2.75) is 11.3 Å². The van der Waals surface area contributed by atoms with Gasteiger partial charge in [0.25, 0.3) is 11.5 Å². The van der Waals surface area contributed by atoms with E-state index in [9.17, 15) is 14.4 Å². The number of amides is 1. The number of rotatable bonds is 6. The number of carbonyl (C=O) groups is 1. The third-order valence-electron chi connectivity index (χ3n) is 3.99. The summed E-state index contributed by atoms with van der Waals surface area (Å²) in [7, 11) is 0. The van der Waals surface area contributed by atoms with E-state index < -0.39 is 11.2 Å². The number of hydrogen-bond donors (Lipinski definition) is 2. The van der Waals surface area contributed by atoms with Gasteiger partial charge in [-0.3, -0.25) is 14.6 Å². The van der Waals surface area contributed by atoms with E-state index in [1.807, 2.05) is 24.5 Å². The molecule has 0 aliphatic heterocycles. The van der Waals surface area contributed by atoms with Gasteiger partial charge in [0.15, 0.2) is 0 Å². The molecule has 7 nitrogen and oxygen atoms in total. The van der Waals surface area contributed by atoms with E-state index in [0.29, 0.717) is 18.7 Å². The summed E-state index contributed by atoms with van der Waals surface area (Å²) in [6, 6.07) is 12.6. The molecule has 0 spiro atoms. The van der Waals surface area contributed by atoms with Crippen LogP contribution in [0.3, 0.4) is 0 Å². The molecule has 3 aromatic rings. The Kier molecular flexibility index (Phi) is 6.33. The van der Waals surface area contributed by atoms with Gasteiger partial charge < -0.3 is 5.32 Å². The number of hydrogen-bond acceptors (Lipinski definition) is 5. The topological polar surface area (TPSA) is 96.8 Å². The minimum Gasteiger partial charge on any atom is -0.352 e. The molecule has 2 aromatic carbocycles. The third kappa shape index (κ3) is 4.71. The van der Waals surface area contributed by atoms with Crippen LogP contribution in [0.1, 0.15) is 15.9 Å². The van der Waals surface area contributed by atoms with Gasteiger partial charge in [-0.1, -0.05) is 23.7 Å². The Morgan fingerprint density at radius 3 is 2.82 bits per heavy atom. The lowest BCUT2D eigenvalue weighted by Gasteiger charge is -2.10. The normalized spacial score (nSPS) is 10.6. The van der Waals surface area contributed by atoms with E-state index in [0.717, 1.165) is 16.4 Å². The zero-order chi connectivity index (χ0) is 20.1. The zero-order valence-corrected chi connectivity index (χ0v) is 16.5. The highest BCUT2D eigenvalue weighted by molar-refractivity contribution is 7.98. The molecule has 0 unspecified atom stereocenters. The average molecular weight is 417 g/mol. The van der Waals surface area contributed by atoms with Crippen molar-refractivity contribution in [3.8, 4) is 5.69 Å². The maximum atomic E-state index is 12.5. The SMILES string of the molecule is CSc1cccc(CCNC(=O)c2cc(-n3ncc(=O)[nH]c3=O)ccc2Cl)c1. The van der Waals surface area contributed by atoms with Crippen molar-refractivity contribution in [3.63, 3.8) is 0 Å². The lowest BCUT2D eigenvalue weighted by molar-refractivity contribution is 0.0954. The number of carbonyl (C=O) groups excluding carboxylic acids is 1. The molecule has 0 saturated carbocycles. The summed E-state index contributed by atoms with van der Waals surface area (Å²) in [5.41, 5.74) is 0.366. The van der Waals surface area contributed by atoms with Crippen LogP contribution >= 0.6 is 23.4 Å². The monoisotopic (exact) mass is 416 g/mol. The van der Waals surface area contributed by atoms with Gasteiger partial charge in [0.1, 0.15) is 6.20 Å². The van der Waals surface area contributed by atoms with Gasteiger partial charge in [-0.15, -0.1) is 11.8 Å². The number of H-pyrrole nitrogens is 1. The number of nitrogens with zero attached hydrogens (tertiary/aromatic N) is 2. The van der Waals surface area contributed by atoms with Crippen LogP contribution in [0.5, 0.6) is 0 Å². The first kappa shape index (κ1) is 19.9. The first-order valence-electron chi connectivity index (χ1n) is 8.37. The van der Waals surface area contributed by atoms with Crippen molar-refractivity contribution in [2.75, 3.05) is 12.8 Å². The lowest BCUT2D eigenvalue weighted by Crippen LogP contribution is -2.31.